The van der Waals surface area contributed by atoms with Crippen LogP contribution < -0.4 is 14.5 Å². The molecule has 2 bridgehead atoms. The molecule has 2 unspecified atom stereocenters. The van der Waals surface area contributed by atoms with Crippen molar-refractivity contribution in [1.82, 2.24) is 29.5 Å². The standard InChI is InChI=1S/C41H48F2N8O4/c1-2-31-33(43)8-5-25-15-29(52)17-36(37(25)31)47-14-9-32-35(22-47)44-40(55-24-41-10-3-12-49(41)19-26(42)18-41)45-38(32)48-11-4-13-51-28(20-48)16-34(46-51)39(53)50-21-30-7-6-27(50)23-54-30/h5,8,15-17,26-27,30,52H,2-4,6-7,9-14,18-24H2,1H3/t26-,27?,30?,41+/m1/s1. The van der Waals surface area contributed by atoms with Gasteiger partial charge in [-0.15, -0.1) is 0 Å². The number of nitrogens with zero attached hydrogens (tertiary/aromatic N) is 8. The Hall–Kier alpha value is -4.56. The highest BCUT2D eigenvalue weighted by Gasteiger charge is 2.49. The van der Waals surface area contributed by atoms with Crippen molar-refractivity contribution in [2.75, 3.05) is 55.7 Å². The Bertz CT molecular complexity index is 2160. The number of rotatable bonds is 7. The van der Waals surface area contributed by atoms with Gasteiger partial charge < -0.3 is 29.3 Å². The van der Waals surface area contributed by atoms with Crippen LogP contribution in [-0.2, 0) is 37.2 Å². The third-order valence-electron chi connectivity index (χ3n) is 13.1. The van der Waals surface area contributed by atoms with Crippen molar-refractivity contribution >= 4 is 28.2 Å². The number of hydrogen-bond acceptors (Lipinski definition) is 10. The molecule has 1 amide bonds. The van der Waals surface area contributed by atoms with Crippen LogP contribution in [0.3, 0.4) is 0 Å². The Morgan fingerprint density at radius 1 is 1.05 bits per heavy atom. The van der Waals surface area contributed by atoms with Crippen molar-refractivity contribution in [3.8, 4) is 11.8 Å². The lowest BCUT2D eigenvalue weighted by Gasteiger charge is -2.44. The molecular weight excluding hydrogens is 706 g/mol. The second kappa shape index (κ2) is 13.6. The minimum atomic E-state index is -0.871. The molecule has 4 atom stereocenters. The number of aryl methyl sites for hydroxylation is 2. The minimum absolute atomic E-state index is 0.0336. The predicted octanol–water partition coefficient (Wildman–Crippen LogP) is 5.17. The van der Waals surface area contributed by atoms with E-state index in [-0.39, 0.29) is 41.2 Å². The molecule has 9 heterocycles. The summed E-state index contributed by atoms with van der Waals surface area (Å²) in [5, 5.41) is 17.2. The summed E-state index contributed by atoms with van der Waals surface area (Å²) < 4.78 is 44.2. The van der Waals surface area contributed by atoms with Crippen LogP contribution in [-0.4, -0.2) is 110 Å². The van der Waals surface area contributed by atoms with Gasteiger partial charge in [0, 0.05) is 61.8 Å². The van der Waals surface area contributed by atoms with Crippen molar-refractivity contribution in [3.05, 3.63) is 64.4 Å². The maximum atomic E-state index is 15.2. The van der Waals surface area contributed by atoms with Crippen molar-refractivity contribution in [2.24, 2.45) is 0 Å². The molecule has 0 aliphatic carbocycles. The molecule has 2 aromatic carbocycles. The van der Waals surface area contributed by atoms with Gasteiger partial charge in [0.25, 0.3) is 5.91 Å². The lowest BCUT2D eigenvalue weighted by molar-refractivity contribution is -0.0916. The highest BCUT2D eigenvalue weighted by Crippen LogP contribution is 2.42. The highest BCUT2D eigenvalue weighted by molar-refractivity contribution is 5.98. The van der Waals surface area contributed by atoms with Gasteiger partial charge in [-0.25, -0.2) is 8.78 Å². The molecule has 7 aliphatic rings. The number of carbonyl (C=O) groups excluding carboxylic acids is 1. The largest absolute Gasteiger partial charge is 0.508 e. The van der Waals surface area contributed by atoms with E-state index in [1.54, 1.807) is 18.2 Å². The second-order valence-electron chi connectivity index (χ2n) is 16.4. The van der Waals surface area contributed by atoms with Gasteiger partial charge in [-0.2, -0.15) is 15.1 Å². The topological polar surface area (TPSA) is 112 Å². The number of phenols is 1. The Morgan fingerprint density at radius 2 is 1.96 bits per heavy atom. The van der Waals surface area contributed by atoms with Gasteiger partial charge in [-0.1, -0.05) is 13.0 Å². The van der Waals surface area contributed by atoms with E-state index in [0.717, 1.165) is 84.4 Å². The third-order valence-corrected chi connectivity index (χ3v) is 13.1. The Morgan fingerprint density at radius 3 is 2.78 bits per heavy atom. The summed E-state index contributed by atoms with van der Waals surface area (Å²) in [5.74, 6) is 0.625. The average molecular weight is 755 g/mol. The molecule has 14 heteroatoms. The second-order valence-corrected chi connectivity index (χ2v) is 16.4. The van der Waals surface area contributed by atoms with Gasteiger partial charge >= 0.3 is 6.01 Å². The lowest BCUT2D eigenvalue weighted by Crippen LogP contribution is -2.56. The van der Waals surface area contributed by atoms with E-state index >= 15 is 4.39 Å². The van der Waals surface area contributed by atoms with Crippen molar-refractivity contribution in [2.45, 2.75) is 102 Å². The number of fused-ring (bicyclic) bond motifs is 7. The smallest absolute Gasteiger partial charge is 0.318 e. The molecule has 11 rings (SSSR count). The normalized spacial score (nSPS) is 26.3. The summed E-state index contributed by atoms with van der Waals surface area (Å²) in [6.45, 7) is 7.71. The van der Waals surface area contributed by atoms with Crippen LogP contribution in [0.2, 0.25) is 0 Å². The van der Waals surface area contributed by atoms with Crippen molar-refractivity contribution < 1.29 is 28.2 Å². The highest BCUT2D eigenvalue weighted by atomic mass is 19.1. The first-order valence-electron chi connectivity index (χ1n) is 20.1. The first-order valence-corrected chi connectivity index (χ1v) is 20.1. The van der Waals surface area contributed by atoms with Gasteiger partial charge in [0.05, 0.1) is 48.8 Å². The van der Waals surface area contributed by atoms with Crippen LogP contribution in [0.4, 0.5) is 20.3 Å². The summed E-state index contributed by atoms with van der Waals surface area (Å²) in [4.78, 5) is 32.5. The van der Waals surface area contributed by atoms with E-state index in [4.69, 9.17) is 24.5 Å². The van der Waals surface area contributed by atoms with Crippen LogP contribution in [0.1, 0.15) is 78.5 Å². The van der Waals surface area contributed by atoms with Gasteiger partial charge in [-0.3, -0.25) is 14.4 Å². The molecule has 0 spiro atoms. The van der Waals surface area contributed by atoms with Crippen LogP contribution in [0, 0.1) is 5.82 Å². The van der Waals surface area contributed by atoms with Gasteiger partial charge in [-0.05, 0) is 80.6 Å². The molecule has 1 N–H and O–H groups in total. The molecule has 55 heavy (non-hydrogen) atoms. The molecular formula is C41H48F2N8O4. The van der Waals surface area contributed by atoms with E-state index in [2.05, 4.69) is 14.7 Å². The van der Waals surface area contributed by atoms with Crippen LogP contribution in [0.15, 0.2) is 30.3 Å². The zero-order valence-electron chi connectivity index (χ0n) is 31.4. The molecule has 2 aromatic heterocycles. The monoisotopic (exact) mass is 754 g/mol. The summed E-state index contributed by atoms with van der Waals surface area (Å²) >= 11 is 0. The van der Waals surface area contributed by atoms with E-state index < -0.39 is 6.17 Å². The first kappa shape index (κ1) is 34.9. The molecule has 7 aliphatic heterocycles. The lowest BCUT2D eigenvalue weighted by atomic mass is 9.95. The van der Waals surface area contributed by atoms with E-state index in [1.807, 2.05) is 22.6 Å². The summed E-state index contributed by atoms with van der Waals surface area (Å²) in [6.07, 6.45) is 5.47. The fraction of sp³-hybridized carbons (Fsp3) is 0.561. The molecule has 4 aromatic rings. The summed E-state index contributed by atoms with van der Waals surface area (Å²) in [6, 6.07) is 8.91. The number of halogens is 2. The van der Waals surface area contributed by atoms with Crippen LogP contribution in [0.25, 0.3) is 10.8 Å². The third kappa shape index (κ3) is 6.07. The summed E-state index contributed by atoms with van der Waals surface area (Å²) in [5.41, 5.74) is 4.28. The molecule has 0 saturated carbocycles. The molecule has 12 nitrogen and oxygen atoms in total. The number of piperidine rings is 1. The van der Waals surface area contributed by atoms with Gasteiger partial charge in [0.1, 0.15) is 30.2 Å². The Labute approximate surface area is 319 Å². The van der Waals surface area contributed by atoms with Gasteiger partial charge in [0.2, 0.25) is 0 Å². The van der Waals surface area contributed by atoms with E-state index in [1.165, 1.54) is 6.07 Å². The Kier molecular flexibility index (Phi) is 8.61. The van der Waals surface area contributed by atoms with E-state index in [9.17, 15) is 14.3 Å². The number of amides is 1. The zero-order chi connectivity index (χ0) is 37.4. The molecule has 5 fully saturated rings. The Balaban J connectivity index is 0.992. The predicted molar refractivity (Wildman–Crippen MR) is 202 cm³/mol. The number of hydrogen-bond donors (Lipinski definition) is 1. The number of morpholine rings is 1. The average Bonchev–Trinajstić information content (AvgIpc) is 3.83. The number of aromatic nitrogens is 4. The number of carbonyl (C=O) groups is 1. The zero-order valence-corrected chi connectivity index (χ0v) is 31.4. The van der Waals surface area contributed by atoms with Gasteiger partial charge in [0.15, 0.2) is 5.69 Å². The number of anilines is 2. The quantitative estimate of drug-likeness (QED) is 0.272. The fourth-order valence-corrected chi connectivity index (χ4v) is 10.3. The number of aromatic hydroxyl groups is 1. The minimum Gasteiger partial charge on any atom is -0.508 e. The first-order chi connectivity index (χ1) is 26.7. The van der Waals surface area contributed by atoms with Crippen molar-refractivity contribution in [1.29, 1.82) is 0 Å². The van der Waals surface area contributed by atoms with Crippen LogP contribution in [0.5, 0.6) is 11.8 Å². The number of alkyl halides is 1. The summed E-state index contributed by atoms with van der Waals surface area (Å²) in [7, 11) is 0. The number of phenolic OH excluding ortho intramolecular Hbond substituents is 1. The maximum Gasteiger partial charge on any atom is 0.318 e. The van der Waals surface area contributed by atoms with E-state index in [0.29, 0.717) is 83.0 Å². The number of ether oxygens (including phenoxy) is 2. The molecule has 0 radical (unpaired) electrons. The van der Waals surface area contributed by atoms with Crippen molar-refractivity contribution in [3.63, 3.8) is 0 Å². The number of benzene rings is 2. The maximum absolute atomic E-state index is 15.2. The van der Waals surface area contributed by atoms with Crippen LogP contribution >= 0.6 is 0 Å². The fourth-order valence-electron chi connectivity index (χ4n) is 10.3. The SMILES string of the molecule is CCc1c(F)ccc2cc(O)cc(N3CCc4c(nc(OC[C@@]56CCCN5C[C@H](F)C6)nc4N4CCCn5nc(C(=O)N6CC7CCC6CO7)cc5C4)C3)c12. The molecule has 290 valence electrons. The molecule has 5 saturated heterocycles.